The maximum atomic E-state index is 4.28. The second-order valence-electron chi connectivity index (χ2n) is 3.85. The molecule has 2 heterocycles. The van der Waals surface area contributed by atoms with Crippen LogP contribution in [-0.2, 0) is 13.0 Å². The Balaban J connectivity index is 2.07. The van der Waals surface area contributed by atoms with Crippen molar-refractivity contribution in [3.05, 3.63) is 29.0 Å². The highest BCUT2D eigenvalue weighted by molar-refractivity contribution is 7.03. The number of hydrogen-bond donors (Lipinski definition) is 1. The highest BCUT2D eigenvalue weighted by Crippen LogP contribution is 2.16. The van der Waals surface area contributed by atoms with Crippen LogP contribution >= 0.6 is 11.5 Å². The van der Waals surface area contributed by atoms with Crippen molar-refractivity contribution in [3.63, 3.8) is 0 Å². The number of aryl methyl sites for hydroxylation is 1. The summed E-state index contributed by atoms with van der Waals surface area (Å²) >= 11 is 1.39. The van der Waals surface area contributed by atoms with Crippen LogP contribution < -0.4 is 5.32 Å². The lowest BCUT2D eigenvalue weighted by Gasteiger charge is -2.13. The summed E-state index contributed by atoms with van der Waals surface area (Å²) in [5.41, 5.74) is 2.24. The van der Waals surface area contributed by atoms with Crippen molar-refractivity contribution >= 4 is 11.5 Å². The van der Waals surface area contributed by atoms with Crippen LogP contribution in [0.25, 0.3) is 0 Å². The van der Waals surface area contributed by atoms with Crippen LogP contribution in [0.5, 0.6) is 0 Å². The molecule has 2 rings (SSSR count). The predicted octanol–water partition coefficient (Wildman–Crippen LogP) is 1.65. The van der Waals surface area contributed by atoms with Crippen LogP contribution in [0.15, 0.2) is 17.8 Å². The normalized spacial score (nSPS) is 12.8. The van der Waals surface area contributed by atoms with E-state index < -0.39 is 0 Å². The Bertz CT molecular complexity index is 436. The lowest BCUT2D eigenvalue weighted by Crippen LogP contribution is -2.23. The maximum Gasteiger partial charge on any atom is 0.0928 e. The van der Waals surface area contributed by atoms with Crippen molar-refractivity contribution in [2.24, 2.45) is 0 Å². The van der Waals surface area contributed by atoms with Gasteiger partial charge >= 0.3 is 0 Å². The largest absolute Gasteiger partial charge is 0.309 e. The smallest absolute Gasteiger partial charge is 0.0928 e. The summed E-state index contributed by atoms with van der Waals surface area (Å²) in [4.78, 5) is 0. The van der Waals surface area contributed by atoms with Crippen molar-refractivity contribution in [3.8, 4) is 0 Å². The van der Waals surface area contributed by atoms with Gasteiger partial charge in [0.2, 0.25) is 0 Å². The van der Waals surface area contributed by atoms with Crippen LogP contribution in [-0.4, -0.2) is 25.9 Å². The molecule has 2 aromatic heterocycles. The molecule has 0 bridgehead atoms. The monoisotopic (exact) mass is 251 g/mol. The first-order chi connectivity index (χ1) is 8.33. The first kappa shape index (κ1) is 12.2. The Labute approximate surface area is 105 Å². The number of nitrogens with one attached hydrogen (secondary N) is 1. The molecule has 0 spiro atoms. The third kappa shape index (κ3) is 3.10. The Hall–Kier alpha value is -1.27. The zero-order chi connectivity index (χ0) is 12.1. The van der Waals surface area contributed by atoms with E-state index >= 15 is 0 Å². The van der Waals surface area contributed by atoms with Crippen molar-refractivity contribution in [1.29, 1.82) is 0 Å². The Morgan fingerprint density at radius 1 is 1.47 bits per heavy atom. The van der Waals surface area contributed by atoms with E-state index in [0.717, 1.165) is 25.2 Å². The van der Waals surface area contributed by atoms with Gasteiger partial charge in [-0.2, -0.15) is 5.10 Å². The predicted molar refractivity (Wildman–Crippen MR) is 67.9 cm³/mol. The first-order valence-electron chi connectivity index (χ1n) is 5.85. The standard InChI is InChI=1S/C11H17N5S/c1-3-12-10(11-8-17-15-14-11)5-9-6-13-16(4-2)7-9/h6-8,10,12H,3-5H2,1-2H3. The van der Waals surface area contributed by atoms with Gasteiger partial charge in [0.15, 0.2) is 0 Å². The number of likely N-dealkylation sites (N-methyl/N-ethyl adjacent to an activating group) is 1. The quantitative estimate of drug-likeness (QED) is 0.848. The molecule has 0 fully saturated rings. The van der Waals surface area contributed by atoms with Crippen molar-refractivity contribution in [2.75, 3.05) is 6.54 Å². The van der Waals surface area contributed by atoms with Gasteiger partial charge in [-0.25, -0.2) is 0 Å². The van der Waals surface area contributed by atoms with E-state index in [0.29, 0.717) is 0 Å². The van der Waals surface area contributed by atoms with Gasteiger partial charge in [0.25, 0.3) is 0 Å². The van der Waals surface area contributed by atoms with Gasteiger partial charge in [-0.3, -0.25) is 4.68 Å². The second-order valence-corrected chi connectivity index (χ2v) is 4.46. The second kappa shape index (κ2) is 5.88. The maximum absolute atomic E-state index is 4.28. The summed E-state index contributed by atoms with van der Waals surface area (Å²) in [5.74, 6) is 0. The molecule has 5 nitrogen and oxygen atoms in total. The Morgan fingerprint density at radius 2 is 2.35 bits per heavy atom. The number of nitrogens with zero attached hydrogens (tertiary/aromatic N) is 4. The highest BCUT2D eigenvalue weighted by Gasteiger charge is 2.14. The average Bonchev–Trinajstić information content (AvgIpc) is 2.99. The molecular formula is C11H17N5S. The molecule has 92 valence electrons. The van der Waals surface area contributed by atoms with Gasteiger partial charge in [-0.1, -0.05) is 11.4 Å². The Kier molecular flexibility index (Phi) is 4.22. The van der Waals surface area contributed by atoms with Gasteiger partial charge in [-0.05, 0) is 37.0 Å². The van der Waals surface area contributed by atoms with Crippen LogP contribution in [0.3, 0.4) is 0 Å². The molecule has 1 unspecified atom stereocenters. The zero-order valence-electron chi connectivity index (χ0n) is 10.1. The molecule has 1 N–H and O–H groups in total. The molecule has 0 aliphatic rings. The summed E-state index contributed by atoms with van der Waals surface area (Å²) in [6.07, 6.45) is 4.91. The molecule has 1 atom stereocenters. The highest BCUT2D eigenvalue weighted by atomic mass is 32.1. The fourth-order valence-corrected chi connectivity index (χ4v) is 2.28. The van der Waals surface area contributed by atoms with Gasteiger partial charge < -0.3 is 5.32 Å². The lowest BCUT2D eigenvalue weighted by molar-refractivity contribution is 0.535. The van der Waals surface area contributed by atoms with Crippen LogP contribution in [0.4, 0.5) is 0 Å². The third-order valence-electron chi connectivity index (χ3n) is 2.63. The fraction of sp³-hybridized carbons (Fsp3) is 0.545. The van der Waals surface area contributed by atoms with E-state index in [4.69, 9.17) is 0 Å². The molecule has 17 heavy (non-hydrogen) atoms. The average molecular weight is 251 g/mol. The van der Waals surface area contributed by atoms with E-state index in [1.54, 1.807) is 0 Å². The van der Waals surface area contributed by atoms with Crippen molar-refractivity contribution in [1.82, 2.24) is 24.7 Å². The van der Waals surface area contributed by atoms with Crippen LogP contribution in [0.2, 0.25) is 0 Å². The first-order valence-corrected chi connectivity index (χ1v) is 6.68. The topological polar surface area (TPSA) is 55.6 Å². The minimum atomic E-state index is 0.230. The fourth-order valence-electron chi connectivity index (χ4n) is 1.77. The van der Waals surface area contributed by atoms with E-state index in [2.05, 4.69) is 40.0 Å². The molecular weight excluding hydrogens is 234 g/mol. The number of aromatic nitrogens is 4. The van der Waals surface area contributed by atoms with Gasteiger partial charge in [-0.15, -0.1) is 5.10 Å². The molecule has 0 amide bonds. The molecule has 0 saturated heterocycles. The molecule has 6 heteroatoms. The van der Waals surface area contributed by atoms with E-state index in [1.165, 1.54) is 17.1 Å². The van der Waals surface area contributed by atoms with Crippen molar-refractivity contribution < 1.29 is 0 Å². The van der Waals surface area contributed by atoms with Gasteiger partial charge in [0, 0.05) is 18.1 Å². The SMILES string of the molecule is CCNC(Cc1cnn(CC)c1)c1csnn1. The minimum absolute atomic E-state index is 0.230. The molecule has 0 radical (unpaired) electrons. The molecule has 2 aromatic rings. The minimum Gasteiger partial charge on any atom is -0.309 e. The lowest BCUT2D eigenvalue weighted by atomic mass is 10.1. The zero-order valence-corrected chi connectivity index (χ0v) is 10.9. The summed E-state index contributed by atoms with van der Waals surface area (Å²) in [5, 5.41) is 13.8. The van der Waals surface area contributed by atoms with E-state index in [9.17, 15) is 0 Å². The number of rotatable bonds is 6. The summed E-state index contributed by atoms with van der Waals surface area (Å²) < 4.78 is 5.86. The molecule has 0 aromatic carbocycles. The summed E-state index contributed by atoms with van der Waals surface area (Å²) in [7, 11) is 0. The molecule has 0 aliphatic heterocycles. The molecule has 0 saturated carbocycles. The number of hydrogen-bond acceptors (Lipinski definition) is 5. The van der Waals surface area contributed by atoms with Gasteiger partial charge in [0.1, 0.15) is 0 Å². The van der Waals surface area contributed by atoms with E-state index in [1.807, 2.05) is 16.3 Å². The van der Waals surface area contributed by atoms with E-state index in [-0.39, 0.29) is 6.04 Å². The summed E-state index contributed by atoms with van der Waals surface area (Å²) in [6, 6.07) is 0.230. The van der Waals surface area contributed by atoms with Crippen LogP contribution in [0, 0.1) is 0 Å². The Morgan fingerprint density at radius 3 is 2.94 bits per heavy atom. The third-order valence-corrected chi connectivity index (χ3v) is 3.16. The van der Waals surface area contributed by atoms with Crippen LogP contribution in [0.1, 0.15) is 31.1 Å². The summed E-state index contributed by atoms with van der Waals surface area (Å²) in [6.45, 7) is 6.01. The van der Waals surface area contributed by atoms with Gasteiger partial charge in [0.05, 0.1) is 17.9 Å². The van der Waals surface area contributed by atoms with Crippen molar-refractivity contribution in [2.45, 2.75) is 32.9 Å². The molecule has 0 aliphatic carbocycles.